The molecule has 1 saturated carbocycles. The second-order valence-corrected chi connectivity index (χ2v) is 6.18. The van der Waals surface area contributed by atoms with Crippen molar-refractivity contribution in [2.75, 3.05) is 6.54 Å². The summed E-state index contributed by atoms with van der Waals surface area (Å²) in [6.45, 7) is 6.36. The van der Waals surface area contributed by atoms with Gasteiger partial charge in [-0.05, 0) is 63.5 Å². The van der Waals surface area contributed by atoms with Gasteiger partial charge in [0.1, 0.15) is 5.57 Å². The minimum absolute atomic E-state index is 0.145. The Balaban J connectivity index is 2.00. The standard InChI is InChI=1S/C16H19N3O2S/c1-4-18-15(21)13(14(20)17-16(18)22)8-11-7-9(2)19(10(11)3)12-5-6-12/h7-8,12H,4-6H2,1-3H3,(H,17,20,22). The van der Waals surface area contributed by atoms with Crippen molar-refractivity contribution in [2.45, 2.75) is 39.7 Å². The first-order valence-corrected chi connectivity index (χ1v) is 7.92. The Bertz CT molecular complexity index is 713. The summed E-state index contributed by atoms with van der Waals surface area (Å²) in [4.78, 5) is 25.9. The Kier molecular flexibility index (Phi) is 3.64. The molecule has 1 aromatic heterocycles. The minimum atomic E-state index is -0.420. The lowest BCUT2D eigenvalue weighted by molar-refractivity contribution is -0.128. The Morgan fingerprint density at radius 1 is 1.36 bits per heavy atom. The van der Waals surface area contributed by atoms with Gasteiger partial charge in [0.2, 0.25) is 0 Å². The van der Waals surface area contributed by atoms with Crippen molar-refractivity contribution in [3.8, 4) is 0 Å². The maximum absolute atomic E-state index is 12.4. The number of aromatic nitrogens is 1. The molecule has 116 valence electrons. The molecule has 0 atom stereocenters. The molecule has 0 bridgehead atoms. The van der Waals surface area contributed by atoms with Gasteiger partial charge in [0, 0.05) is 24.0 Å². The predicted octanol–water partition coefficient (Wildman–Crippen LogP) is 2.09. The molecule has 2 heterocycles. The van der Waals surface area contributed by atoms with Crippen molar-refractivity contribution in [2.24, 2.45) is 0 Å². The molecule has 2 aliphatic rings. The molecule has 1 aliphatic heterocycles. The second kappa shape index (κ2) is 5.35. The average molecular weight is 317 g/mol. The van der Waals surface area contributed by atoms with Crippen LogP contribution in [0.4, 0.5) is 0 Å². The van der Waals surface area contributed by atoms with E-state index in [1.54, 1.807) is 6.08 Å². The number of hydrogen-bond acceptors (Lipinski definition) is 3. The van der Waals surface area contributed by atoms with Crippen LogP contribution in [0.25, 0.3) is 6.08 Å². The van der Waals surface area contributed by atoms with Gasteiger partial charge in [0.25, 0.3) is 11.8 Å². The molecule has 1 saturated heterocycles. The third-order valence-corrected chi connectivity index (χ3v) is 4.56. The molecule has 6 heteroatoms. The Hall–Kier alpha value is -1.95. The zero-order valence-electron chi connectivity index (χ0n) is 13.0. The Morgan fingerprint density at radius 3 is 2.64 bits per heavy atom. The van der Waals surface area contributed by atoms with Crippen molar-refractivity contribution in [3.63, 3.8) is 0 Å². The topological polar surface area (TPSA) is 54.3 Å². The number of nitrogens with zero attached hydrogens (tertiary/aromatic N) is 2. The molecule has 0 radical (unpaired) electrons. The van der Waals surface area contributed by atoms with E-state index in [0.717, 1.165) is 11.3 Å². The van der Waals surface area contributed by atoms with E-state index >= 15 is 0 Å². The van der Waals surface area contributed by atoms with Crippen LogP contribution in [0.15, 0.2) is 11.6 Å². The number of likely N-dealkylation sites (N-methyl/N-ethyl adjacent to an activating group) is 1. The highest BCUT2D eigenvalue weighted by Gasteiger charge is 2.33. The molecule has 1 N–H and O–H groups in total. The summed E-state index contributed by atoms with van der Waals surface area (Å²) in [5.41, 5.74) is 3.33. The number of hydrogen-bond donors (Lipinski definition) is 1. The van der Waals surface area contributed by atoms with Crippen molar-refractivity contribution >= 4 is 35.2 Å². The first kappa shape index (κ1) is 15.0. The fraction of sp³-hybridized carbons (Fsp3) is 0.438. The zero-order valence-corrected chi connectivity index (χ0v) is 13.8. The largest absolute Gasteiger partial charge is 0.346 e. The maximum Gasteiger partial charge on any atom is 0.265 e. The van der Waals surface area contributed by atoms with Crippen LogP contribution in [-0.2, 0) is 9.59 Å². The molecule has 1 aliphatic carbocycles. The van der Waals surface area contributed by atoms with Crippen LogP contribution >= 0.6 is 12.2 Å². The molecule has 5 nitrogen and oxygen atoms in total. The van der Waals surface area contributed by atoms with Crippen LogP contribution in [0.2, 0.25) is 0 Å². The van der Waals surface area contributed by atoms with E-state index in [9.17, 15) is 9.59 Å². The summed E-state index contributed by atoms with van der Waals surface area (Å²) in [6, 6.07) is 2.60. The number of nitrogens with one attached hydrogen (secondary N) is 1. The molecular formula is C16H19N3O2S. The quantitative estimate of drug-likeness (QED) is 0.528. The Morgan fingerprint density at radius 2 is 2.05 bits per heavy atom. The smallest absolute Gasteiger partial charge is 0.265 e. The van der Waals surface area contributed by atoms with Gasteiger partial charge in [-0.2, -0.15) is 0 Å². The van der Waals surface area contributed by atoms with E-state index in [1.807, 2.05) is 19.9 Å². The van der Waals surface area contributed by atoms with E-state index in [0.29, 0.717) is 12.6 Å². The first-order valence-electron chi connectivity index (χ1n) is 7.51. The molecule has 0 unspecified atom stereocenters. The van der Waals surface area contributed by atoms with Crippen LogP contribution < -0.4 is 5.32 Å². The molecule has 2 amide bonds. The molecule has 2 fully saturated rings. The van der Waals surface area contributed by atoms with E-state index in [1.165, 1.54) is 23.4 Å². The molecule has 0 spiro atoms. The lowest BCUT2D eigenvalue weighted by Crippen LogP contribution is -2.53. The molecule has 3 rings (SSSR count). The molecule has 22 heavy (non-hydrogen) atoms. The Labute approximate surface area is 135 Å². The fourth-order valence-corrected chi connectivity index (χ4v) is 3.28. The van der Waals surface area contributed by atoms with E-state index < -0.39 is 5.91 Å². The van der Waals surface area contributed by atoms with E-state index in [2.05, 4.69) is 16.8 Å². The number of thiocarbonyl (C=S) groups is 1. The monoisotopic (exact) mass is 317 g/mol. The molecular weight excluding hydrogens is 298 g/mol. The van der Waals surface area contributed by atoms with Gasteiger partial charge in [0.05, 0.1) is 0 Å². The van der Waals surface area contributed by atoms with Gasteiger partial charge in [0.15, 0.2) is 5.11 Å². The van der Waals surface area contributed by atoms with Crippen LogP contribution in [0.5, 0.6) is 0 Å². The predicted molar refractivity (Wildman–Crippen MR) is 88.3 cm³/mol. The summed E-state index contributed by atoms with van der Waals surface area (Å²) in [7, 11) is 0. The third kappa shape index (κ3) is 2.37. The van der Waals surface area contributed by atoms with Crippen LogP contribution in [0, 0.1) is 13.8 Å². The summed E-state index contributed by atoms with van der Waals surface area (Å²) in [6.07, 6.45) is 4.08. The number of carbonyl (C=O) groups is 2. The number of carbonyl (C=O) groups excluding carboxylic acids is 2. The lowest BCUT2D eigenvalue weighted by atomic mass is 10.1. The van der Waals surface area contributed by atoms with Gasteiger partial charge in [-0.25, -0.2) is 0 Å². The SMILES string of the molecule is CCN1C(=O)C(=Cc2cc(C)n(C3CC3)c2C)C(=O)NC1=S. The van der Waals surface area contributed by atoms with Crippen LogP contribution in [0.3, 0.4) is 0 Å². The maximum atomic E-state index is 12.4. The molecule has 1 aromatic rings. The third-order valence-electron chi connectivity index (χ3n) is 4.24. The number of amides is 2. The lowest BCUT2D eigenvalue weighted by Gasteiger charge is -2.27. The summed E-state index contributed by atoms with van der Waals surface area (Å²) in [5, 5.41) is 2.76. The second-order valence-electron chi connectivity index (χ2n) is 5.79. The van der Waals surface area contributed by atoms with Crippen molar-refractivity contribution in [1.29, 1.82) is 0 Å². The summed E-state index contributed by atoms with van der Waals surface area (Å²) in [5.74, 6) is -0.747. The number of aryl methyl sites for hydroxylation is 1. The first-order chi connectivity index (χ1) is 10.4. The van der Waals surface area contributed by atoms with Crippen molar-refractivity contribution in [1.82, 2.24) is 14.8 Å². The van der Waals surface area contributed by atoms with E-state index in [-0.39, 0.29) is 16.6 Å². The minimum Gasteiger partial charge on any atom is -0.346 e. The number of rotatable bonds is 3. The van der Waals surface area contributed by atoms with E-state index in [4.69, 9.17) is 12.2 Å². The van der Waals surface area contributed by atoms with Crippen molar-refractivity contribution < 1.29 is 9.59 Å². The highest BCUT2D eigenvalue weighted by atomic mass is 32.1. The van der Waals surface area contributed by atoms with Gasteiger partial charge < -0.3 is 4.57 Å². The summed E-state index contributed by atoms with van der Waals surface area (Å²) >= 11 is 5.03. The summed E-state index contributed by atoms with van der Waals surface area (Å²) < 4.78 is 2.29. The van der Waals surface area contributed by atoms with Gasteiger partial charge in [-0.15, -0.1) is 0 Å². The zero-order chi connectivity index (χ0) is 16.0. The van der Waals surface area contributed by atoms with Gasteiger partial charge >= 0.3 is 0 Å². The average Bonchev–Trinajstić information content (AvgIpc) is 3.23. The van der Waals surface area contributed by atoms with Crippen LogP contribution in [-0.4, -0.2) is 32.9 Å². The fourth-order valence-electron chi connectivity index (χ4n) is 2.98. The highest BCUT2D eigenvalue weighted by Crippen LogP contribution is 2.38. The highest BCUT2D eigenvalue weighted by molar-refractivity contribution is 7.80. The van der Waals surface area contributed by atoms with Gasteiger partial charge in [-0.1, -0.05) is 0 Å². The molecule has 0 aromatic carbocycles. The van der Waals surface area contributed by atoms with Gasteiger partial charge in [-0.3, -0.25) is 19.8 Å². The van der Waals surface area contributed by atoms with Crippen molar-refractivity contribution in [3.05, 3.63) is 28.6 Å². The van der Waals surface area contributed by atoms with Crippen LogP contribution in [0.1, 0.15) is 42.8 Å². The normalized spacial score (nSPS) is 20.8.